The van der Waals surface area contributed by atoms with Crippen molar-refractivity contribution in [2.75, 3.05) is 6.61 Å². The van der Waals surface area contributed by atoms with E-state index < -0.39 is 8.32 Å². The van der Waals surface area contributed by atoms with Crippen molar-refractivity contribution in [1.29, 1.82) is 0 Å². The van der Waals surface area contributed by atoms with Gasteiger partial charge in [0.15, 0.2) is 0 Å². The third-order valence-corrected chi connectivity index (χ3v) is 11.9. The lowest BCUT2D eigenvalue weighted by atomic mass is 9.89. The van der Waals surface area contributed by atoms with Gasteiger partial charge in [-0.15, -0.1) is 0 Å². The van der Waals surface area contributed by atoms with Gasteiger partial charge in [-0.3, -0.25) is 0 Å². The highest BCUT2D eigenvalue weighted by Crippen LogP contribution is 2.38. The maximum absolute atomic E-state index is 6.63. The van der Waals surface area contributed by atoms with Crippen molar-refractivity contribution in [3.05, 3.63) is 35.4 Å². The van der Waals surface area contributed by atoms with Crippen LogP contribution >= 0.6 is 0 Å². The van der Waals surface area contributed by atoms with Crippen molar-refractivity contribution in [2.24, 2.45) is 11.8 Å². The summed E-state index contributed by atoms with van der Waals surface area (Å²) in [5, 5.41) is 0.175. The molecular formula is C32H58O2Si. The van der Waals surface area contributed by atoms with Crippen molar-refractivity contribution >= 4 is 14.1 Å². The second-order valence-corrected chi connectivity index (χ2v) is 17.2. The molecule has 1 rings (SSSR count). The molecule has 35 heavy (non-hydrogen) atoms. The van der Waals surface area contributed by atoms with E-state index in [1.807, 2.05) is 0 Å². The molecule has 0 bridgehead atoms. The molecule has 0 N–H and O–H groups in total. The molecule has 0 radical (unpaired) electrons. The zero-order chi connectivity index (χ0) is 26.5. The van der Waals surface area contributed by atoms with E-state index in [1.165, 1.54) is 63.4 Å². The molecule has 0 amide bonds. The first kappa shape index (κ1) is 31.8. The summed E-state index contributed by atoms with van der Waals surface area (Å²) in [4.78, 5) is 0. The first-order valence-electron chi connectivity index (χ1n) is 14.6. The smallest absolute Gasteiger partial charge is 0.250 e. The summed E-state index contributed by atoms with van der Waals surface area (Å²) in [5.74, 6) is 2.94. The first-order valence-corrected chi connectivity index (χ1v) is 17.5. The molecule has 3 heteroatoms. The highest BCUT2D eigenvalue weighted by Gasteiger charge is 2.39. The summed E-state index contributed by atoms with van der Waals surface area (Å²) in [6.07, 6.45) is 13.4. The van der Waals surface area contributed by atoms with Crippen LogP contribution in [0.15, 0.2) is 29.8 Å². The van der Waals surface area contributed by atoms with E-state index in [4.69, 9.17) is 9.16 Å². The highest BCUT2D eigenvalue weighted by atomic mass is 28.4. The predicted molar refractivity (Wildman–Crippen MR) is 159 cm³/mol. The first-order chi connectivity index (χ1) is 16.4. The van der Waals surface area contributed by atoms with E-state index >= 15 is 0 Å². The van der Waals surface area contributed by atoms with Gasteiger partial charge in [-0.25, -0.2) is 0 Å². The Kier molecular flexibility index (Phi) is 14.4. The quantitative estimate of drug-likeness (QED) is 0.120. The van der Waals surface area contributed by atoms with Gasteiger partial charge in [0.1, 0.15) is 11.5 Å². The summed E-state index contributed by atoms with van der Waals surface area (Å²) in [6.45, 7) is 23.7. The molecule has 1 aromatic carbocycles. The summed E-state index contributed by atoms with van der Waals surface area (Å²) in [5.41, 5.74) is 2.56. The lowest BCUT2D eigenvalue weighted by Crippen LogP contribution is -2.43. The third kappa shape index (κ3) is 11.6. The van der Waals surface area contributed by atoms with E-state index in [0.717, 1.165) is 30.1 Å². The Morgan fingerprint density at radius 3 is 1.80 bits per heavy atom. The Labute approximate surface area is 220 Å². The lowest BCUT2D eigenvalue weighted by molar-refractivity contribution is 0.259. The topological polar surface area (TPSA) is 18.5 Å². The molecule has 0 aliphatic rings. The molecule has 0 saturated heterocycles. The average molecular weight is 503 g/mol. The number of rotatable bonds is 17. The summed E-state index contributed by atoms with van der Waals surface area (Å²) >= 11 is 0. The largest absolute Gasteiger partial charge is 0.543 e. The van der Waals surface area contributed by atoms with Crippen molar-refractivity contribution in [3.63, 3.8) is 0 Å². The molecule has 0 fully saturated rings. The van der Waals surface area contributed by atoms with Crippen LogP contribution in [0.2, 0.25) is 18.1 Å². The van der Waals surface area contributed by atoms with Crippen molar-refractivity contribution in [1.82, 2.24) is 0 Å². The average Bonchev–Trinajstić information content (AvgIpc) is 2.75. The van der Waals surface area contributed by atoms with Gasteiger partial charge in [-0.2, -0.15) is 0 Å². The lowest BCUT2D eigenvalue weighted by Gasteiger charge is -2.36. The van der Waals surface area contributed by atoms with Crippen LogP contribution in [0, 0.1) is 11.8 Å². The fraction of sp³-hybridized carbons (Fsp3) is 0.750. The van der Waals surface area contributed by atoms with Crippen LogP contribution < -0.4 is 4.43 Å². The molecule has 2 nitrogen and oxygen atoms in total. The van der Waals surface area contributed by atoms with E-state index in [9.17, 15) is 0 Å². The molecule has 0 aliphatic heterocycles. The minimum Gasteiger partial charge on any atom is -0.543 e. The van der Waals surface area contributed by atoms with Crippen LogP contribution in [-0.2, 0) is 4.74 Å². The fourth-order valence-electron chi connectivity index (χ4n) is 4.44. The van der Waals surface area contributed by atoms with Gasteiger partial charge >= 0.3 is 0 Å². The van der Waals surface area contributed by atoms with Gasteiger partial charge in [0.05, 0.1) is 6.61 Å². The minimum absolute atomic E-state index is 0.175. The number of hydrogen-bond acceptors (Lipinski definition) is 2. The van der Waals surface area contributed by atoms with Crippen molar-refractivity contribution in [2.45, 2.75) is 138 Å². The van der Waals surface area contributed by atoms with Gasteiger partial charge in [0.2, 0.25) is 8.32 Å². The number of hydrogen-bond donors (Lipinski definition) is 0. The van der Waals surface area contributed by atoms with E-state index in [1.54, 1.807) is 0 Å². The predicted octanol–water partition coefficient (Wildman–Crippen LogP) is 11.0. The fourth-order valence-corrected chi connectivity index (χ4v) is 5.46. The van der Waals surface area contributed by atoms with Crippen LogP contribution in [0.1, 0.15) is 125 Å². The maximum Gasteiger partial charge on any atom is 0.250 e. The molecule has 0 unspecified atom stereocenters. The van der Waals surface area contributed by atoms with Gasteiger partial charge < -0.3 is 9.16 Å². The minimum atomic E-state index is -1.89. The molecule has 0 saturated carbocycles. The zero-order valence-corrected chi connectivity index (χ0v) is 26.1. The standard InChI is InChI=1S/C32H58O2Si/c1-11-12-13-14-15-16-17-18-19-20-24-33-31(30(26(2)3)27(4)5)28-22-21-23-29(25-28)34-35(9,10)32(6,7)8/h21-23,25-27H,11-20,24H2,1-10H3. The molecule has 0 atom stereocenters. The second kappa shape index (κ2) is 15.8. The number of benzene rings is 1. The van der Waals surface area contributed by atoms with Gasteiger partial charge in [-0.1, -0.05) is 125 Å². The summed E-state index contributed by atoms with van der Waals surface area (Å²) in [7, 11) is -1.89. The summed E-state index contributed by atoms with van der Waals surface area (Å²) < 4.78 is 13.2. The molecule has 0 aliphatic carbocycles. The molecule has 0 aromatic heterocycles. The van der Waals surface area contributed by atoms with Crippen molar-refractivity contribution in [3.8, 4) is 5.75 Å². The van der Waals surface area contributed by atoms with E-state index in [2.05, 4.69) is 92.7 Å². The normalized spacial score (nSPS) is 12.3. The summed E-state index contributed by atoms with van der Waals surface area (Å²) in [6, 6.07) is 8.63. The van der Waals surface area contributed by atoms with Crippen LogP contribution in [0.3, 0.4) is 0 Å². The second-order valence-electron chi connectivity index (χ2n) is 12.5. The number of unbranched alkanes of at least 4 members (excludes halogenated alkanes) is 9. The van der Waals surface area contributed by atoms with E-state index in [-0.39, 0.29) is 5.04 Å². The Morgan fingerprint density at radius 2 is 1.31 bits per heavy atom. The molecule has 1 aromatic rings. The highest BCUT2D eigenvalue weighted by molar-refractivity contribution is 6.74. The SMILES string of the molecule is CCCCCCCCCCCCOC(=C(C(C)C)C(C)C)c1cccc(O[Si](C)(C)C(C)(C)C)c1. The van der Waals surface area contributed by atoms with Crippen LogP contribution in [-0.4, -0.2) is 14.9 Å². The van der Waals surface area contributed by atoms with Crippen LogP contribution in [0.25, 0.3) is 5.76 Å². The Morgan fingerprint density at radius 1 is 0.800 bits per heavy atom. The number of allylic oxidation sites excluding steroid dienone is 1. The molecule has 0 heterocycles. The zero-order valence-electron chi connectivity index (χ0n) is 25.1. The van der Waals surface area contributed by atoms with Gasteiger partial charge in [-0.05, 0) is 54.1 Å². The van der Waals surface area contributed by atoms with E-state index in [0.29, 0.717) is 11.8 Å². The third-order valence-electron chi connectivity index (χ3n) is 7.53. The van der Waals surface area contributed by atoms with Crippen LogP contribution in [0.4, 0.5) is 0 Å². The molecule has 0 spiro atoms. The number of ether oxygens (including phenoxy) is 1. The van der Waals surface area contributed by atoms with Gasteiger partial charge in [0, 0.05) is 5.56 Å². The Hall–Kier alpha value is -1.22. The molecular weight excluding hydrogens is 444 g/mol. The van der Waals surface area contributed by atoms with Crippen LogP contribution in [0.5, 0.6) is 5.75 Å². The van der Waals surface area contributed by atoms with Crippen molar-refractivity contribution < 1.29 is 9.16 Å². The monoisotopic (exact) mass is 502 g/mol. The molecule has 202 valence electrons. The Bertz CT molecular complexity index is 730. The Balaban J connectivity index is 2.82. The van der Waals surface area contributed by atoms with Gasteiger partial charge in [0.25, 0.3) is 0 Å². The maximum atomic E-state index is 6.63.